The number of fused-ring (bicyclic) bond motifs is 2. The van der Waals surface area contributed by atoms with Crippen LogP contribution in [0.25, 0.3) is 17.0 Å². The highest BCUT2D eigenvalue weighted by atomic mass is 32.1. The number of hydrogen-bond donors (Lipinski definition) is 0. The molecule has 2 aromatic carbocycles. The van der Waals surface area contributed by atoms with E-state index in [-0.39, 0.29) is 11.5 Å². The van der Waals surface area contributed by atoms with Gasteiger partial charge in [0.1, 0.15) is 22.1 Å². The molecule has 33 heavy (non-hydrogen) atoms. The Bertz CT molecular complexity index is 1430. The average molecular weight is 460 g/mol. The van der Waals surface area contributed by atoms with E-state index >= 15 is 0 Å². The van der Waals surface area contributed by atoms with E-state index in [9.17, 15) is 9.59 Å². The highest BCUT2D eigenvalue weighted by Gasteiger charge is 2.30. The second kappa shape index (κ2) is 8.26. The number of ether oxygens (including phenoxy) is 3. The van der Waals surface area contributed by atoms with Gasteiger partial charge in [-0.25, -0.2) is 4.79 Å². The van der Waals surface area contributed by atoms with Crippen molar-refractivity contribution in [2.45, 2.75) is 20.4 Å². The quantitative estimate of drug-likeness (QED) is 0.212. The Labute approximate surface area is 194 Å². The lowest BCUT2D eigenvalue weighted by Gasteiger charge is -2.06. The minimum absolute atomic E-state index is 0.195. The number of esters is 1. The fourth-order valence-corrected chi connectivity index (χ4v) is 4.64. The lowest BCUT2D eigenvalue weighted by Crippen LogP contribution is -2.06. The van der Waals surface area contributed by atoms with Gasteiger partial charge in [-0.05, 0) is 61.2 Å². The molecule has 3 heterocycles. The van der Waals surface area contributed by atoms with Crippen LogP contribution >= 0.6 is 11.3 Å². The van der Waals surface area contributed by atoms with Crippen molar-refractivity contribution in [2.24, 2.45) is 0 Å². The first-order valence-corrected chi connectivity index (χ1v) is 11.4. The molecule has 0 saturated heterocycles. The van der Waals surface area contributed by atoms with E-state index in [2.05, 4.69) is 11.5 Å². The topological polar surface area (TPSA) is 66.8 Å². The minimum atomic E-state index is -0.439. The molecule has 0 amide bonds. The lowest BCUT2D eigenvalue weighted by atomic mass is 10.0. The number of carbonyl (C=O) groups is 2. The van der Waals surface area contributed by atoms with E-state index < -0.39 is 5.97 Å². The predicted molar refractivity (Wildman–Crippen MR) is 128 cm³/mol. The monoisotopic (exact) mass is 459 g/mol. The van der Waals surface area contributed by atoms with Crippen LogP contribution in [0.1, 0.15) is 38.1 Å². The second-order valence-electron chi connectivity index (χ2n) is 7.67. The Hall–Kier alpha value is -3.84. The third kappa shape index (κ3) is 3.70. The largest absolute Gasteiger partial charge is 0.497 e. The van der Waals surface area contributed by atoms with Crippen LogP contribution in [0, 0.1) is 6.92 Å². The van der Waals surface area contributed by atoms with Crippen LogP contribution in [0.5, 0.6) is 17.2 Å². The molecule has 1 aliphatic rings. The zero-order valence-corrected chi connectivity index (χ0v) is 19.2. The SMILES string of the molecule is CCn1cc(/C=C2\Oc3cc(OC(=O)c4cccs4)cc(C)c3C2=O)c2cc(OC)ccc21. The summed E-state index contributed by atoms with van der Waals surface area (Å²) in [5.41, 5.74) is 3.08. The number of methoxy groups -OCH3 is 1. The summed E-state index contributed by atoms with van der Waals surface area (Å²) in [6.07, 6.45) is 3.75. The maximum absolute atomic E-state index is 13.1. The molecule has 0 spiro atoms. The fraction of sp³-hybridized carbons (Fsp3) is 0.154. The number of benzene rings is 2. The summed E-state index contributed by atoms with van der Waals surface area (Å²) in [5.74, 6) is 1.06. The maximum Gasteiger partial charge on any atom is 0.353 e. The van der Waals surface area contributed by atoms with E-state index in [1.165, 1.54) is 11.3 Å². The lowest BCUT2D eigenvalue weighted by molar-refractivity contribution is 0.0739. The van der Waals surface area contributed by atoms with Crippen molar-refractivity contribution in [1.29, 1.82) is 0 Å². The molecule has 2 aromatic heterocycles. The molecule has 7 heteroatoms. The Morgan fingerprint density at radius 3 is 2.76 bits per heavy atom. The van der Waals surface area contributed by atoms with Gasteiger partial charge in [-0.15, -0.1) is 11.3 Å². The van der Waals surface area contributed by atoms with E-state index in [1.807, 2.05) is 29.8 Å². The van der Waals surface area contributed by atoms with Crippen LogP contribution in [0.2, 0.25) is 0 Å². The number of thiophene rings is 1. The molecule has 0 bridgehead atoms. The smallest absolute Gasteiger partial charge is 0.353 e. The molecule has 5 rings (SSSR count). The summed E-state index contributed by atoms with van der Waals surface area (Å²) >= 11 is 1.31. The molecule has 4 aromatic rings. The van der Waals surface area contributed by atoms with Gasteiger partial charge in [0.25, 0.3) is 0 Å². The normalized spacial score (nSPS) is 13.9. The summed E-state index contributed by atoms with van der Waals surface area (Å²) in [4.78, 5) is 26.0. The van der Waals surface area contributed by atoms with Gasteiger partial charge in [0.05, 0.1) is 12.7 Å². The number of aryl methyl sites for hydroxylation is 2. The number of Topliss-reactive ketones (excluding diaryl/α,β-unsaturated/α-hetero) is 1. The Morgan fingerprint density at radius 1 is 1.18 bits per heavy atom. The van der Waals surface area contributed by atoms with Gasteiger partial charge in [-0.3, -0.25) is 4.79 Å². The van der Waals surface area contributed by atoms with Crippen LogP contribution in [0.3, 0.4) is 0 Å². The third-order valence-electron chi connectivity index (χ3n) is 5.62. The summed E-state index contributed by atoms with van der Waals surface area (Å²) in [6, 6.07) is 12.6. The summed E-state index contributed by atoms with van der Waals surface area (Å²) in [7, 11) is 1.63. The molecule has 0 N–H and O–H groups in total. The van der Waals surface area contributed by atoms with Crippen LogP contribution in [0.15, 0.2) is 59.8 Å². The average Bonchev–Trinajstić information content (AvgIpc) is 3.52. The Morgan fingerprint density at radius 2 is 2.03 bits per heavy atom. The first-order valence-electron chi connectivity index (χ1n) is 10.5. The number of rotatable bonds is 5. The first kappa shape index (κ1) is 21.0. The van der Waals surface area contributed by atoms with E-state index in [1.54, 1.807) is 44.4 Å². The van der Waals surface area contributed by atoms with E-state index in [4.69, 9.17) is 14.2 Å². The van der Waals surface area contributed by atoms with E-state index in [0.717, 1.165) is 28.8 Å². The van der Waals surface area contributed by atoms with Crippen molar-refractivity contribution in [1.82, 2.24) is 4.57 Å². The zero-order valence-electron chi connectivity index (χ0n) is 18.4. The fourth-order valence-electron chi connectivity index (χ4n) is 4.04. The van der Waals surface area contributed by atoms with Crippen LogP contribution in [-0.2, 0) is 6.54 Å². The number of nitrogens with zero attached hydrogens (tertiary/aromatic N) is 1. The molecular formula is C26H21NO5S. The maximum atomic E-state index is 13.1. The van der Waals surface area contributed by atoms with Gasteiger partial charge < -0.3 is 18.8 Å². The molecular weight excluding hydrogens is 438 g/mol. The molecule has 0 fully saturated rings. The van der Waals surface area contributed by atoms with Gasteiger partial charge in [0.2, 0.25) is 5.78 Å². The van der Waals surface area contributed by atoms with Crippen LogP contribution < -0.4 is 14.2 Å². The Balaban J connectivity index is 1.50. The van der Waals surface area contributed by atoms with Gasteiger partial charge in [0.15, 0.2) is 5.76 Å². The summed E-state index contributed by atoms with van der Waals surface area (Å²) in [6.45, 7) is 4.66. The van der Waals surface area contributed by atoms with Crippen molar-refractivity contribution in [2.75, 3.05) is 7.11 Å². The van der Waals surface area contributed by atoms with Gasteiger partial charge in [0, 0.05) is 35.3 Å². The molecule has 0 atom stereocenters. The first-order chi connectivity index (χ1) is 16.0. The van der Waals surface area contributed by atoms with Gasteiger partial charge in [-0.2, -0.15) is 0 Å². The predicted octanol–water partition coefficient (Wildman–Crippen LogP) is 5.88. The molecule has 0 aliphatic carbocycles. The van der Waals surface area contributed by atoms with Crippen molar-refractivity contribution >= 4 is 40.1 Å². The van der Waals surface area contributed by atoms with Crippen molar-refractivity contribution in [3.05, 3.63) is 81.4 Å². The second-order valence-corrected chi connectivity index (χ2v) is 8.62. The molecule has 1 aliphatic heterocycles. The summed E-state index contributed by atoms with van der Waals surface area (Å²) < 4.78 is 18.9. The van der Waals surface area contributed by atoms with Crippen molar-refractivity contribution < 1.29 is 23.8 Å². The molecule has 166 valence electrons. The van der Waals surface area contributed by atoms with Gasteiger partial charge in [-0.1, -0.05) is 6.07 Å². The Kier molecular flexibility index (Phi) is 5.26. The standard InChI is InChI=1S/C26H21NO5S/c1-4-27-14-16(19-12-17(30-3)7-8-20(19)27)11-22-25(28)24-15(2)10-18(13-21(24)32-22)31-26(29)23-6-5-9-33-23/h5-14H,4H2,1-3H3/b22-11-. The molecule has 0 saturated carbocycles. The van der Waals surface area contributed by atoms with E-state index in [0.29, 0.717) is 27.5 Å². The highest BCUT2D eigenvalue weighted by Crippen LogP contribution is 2.38. The zero-order chi connectivity index (χ0) is 23.1. The molecule has 0 radical (unpaired) electrons. The summed E-state index contributed by atoms with van der Waals surface area (Å²) in [5, 5.41) is 2.78. The van der Waals surface area contributed by atoms with Gasteiger partial charge >= 0.3 is 5.97 Å². The molecule has 6 nitrogen and oxygen atoms in total. The number of carbonyl (C=O) groups excluding carboxylic acids is 2. The minimum Gasteiger partial charge on any atom is -0.497 e. The highest BCUT2D eigenvalue weighted by molar-refractivity contribution is 7.12. The number of allylic oxidation sites excluding steroid dienone is 1. The number of ketones is 1. The van der Waals surface area contributed by atoms with Crippen LogP contribution in [0.4, 0.5) is 0 Å². The van der Waals surface area contributed by atoms with Crippen LogP contribution in [-0.4, -0.2) is 23.4 Å². The number of hydrogen-bond acceptors (Lipinski definition) is 6. The third-order valence-corrected chi connectivity index (χ3v) is 6.47. The van der Waals surface area contributed by atoms with Crippen molar-refractivity contribution in [3.8, 4) is 17.2 Å². The van der Waals surface area contributed by atoms with Crippen molar-refractivity contribution in [3.63, 3.8) is 0 Å². The number of aromatic nitrogens is 1. The molecule has 0 unspecified atom stereocenters.